The molecule has 1 aromatic carbocycles. The van der Waals surface area contributed by atoms with Crippen molar-refractivity contribution in [3.8, 4) is 5.75 Å². The molecule has 1 aromatic rings. The van der Waals surface area contributed by atoms with Gasteiger partial charge in [0, 0.05) is 0 Å². The Morgan fingerprint density at radius 3 is 2.27 bits per heavy atom. The molecule has 0 saturated carbocycles. The lowest BCUT2D eigenvalue weighted by Crippen LogP contribution is -1.95. The Balaban J connectivity index is 2.91. The van der Waals surface area contributed by atoms with Crippen LogP contribution in [0.3, 0.4) is 0 Å². The normalized spacial score (nSPS) is 9.18. The molecule has 3 heteroatoms. The first-order chi connectivity index (χ1) is 5.24. The lowest BCUT2D eigenvalue weighted by molar-refractivity contribution is 0.0697. The number of ether oxygens (including phenoxy) is 1. The van der Waals surface area contributed by atoms with Crippen LogP contribution in [0.2, 0.25) is 0 Å². The highest BCUT2D eigenvalue weighted by atomic mass is 16.5. The fourth-order valence-electron chi connectivity index (χ4n) is 0.734. The van der Waals surface area contributed by atoms with Crippen LogP contribution in [-0.4, -0.2) is 18.2 Å². The van der Waals surface area contributed by atoms with Crippen molar-refractivity contribution in [3.63, 3.8) is 0 Å². The first kappa shape index (κ1) is 7.60. The average molecular weight is 151 g/mol. The number of methoxy groups -OCH3 is 1. The van der Waals surface area contributed by atoms with Crippen LogP contribution >= 0.6 is 0 Å². The Morgan fingerprint density at radius 1 is 1.36 bits per heavy atom. The molecule has 3 nitrogen and oxygen atoms in total. The summed E-state index contributed by atoms with van der Waals surface area (Å²) < 4.78 is 4.86. The smallest absolute Gasteiger partial charge is 0.335 e. The zero-order chi connectivity index (χ0) is 8.27. The SMILES string of the molecule is COc1ccc([11C](=O)O)cc1. The van der Waals surface area contributed by atoms with Crippen LogP contribution in [0.5, 0.6) is 5.75 Å². The van der Waals surface area contributed by atoms with Crippen LogP contribution in [0.15, 0.2) is 24.3 Å². The van der Waals surface area contributed by atoms with Crippen molar-refractivity contribution in [1.82, 2.24) is 0 Å². The number of carboxylic acids is 1. The lowest BCUT2D eigenvalue weighted by Gasteiger charge is -1.98. The maximum absolute atomic E-state index is 10.4. The van der Waals surface area contributed by atoms with Crippen LogP contribution in [-0.2, 0) is 0 Å². The van der Waals surface area contributed by atoms with E-state index in [0.29, 0.717) is 5.75 Å². The molecule has 0 fully saturated rings. The number of hydrogen-bond acceptors (Lipinski definition) is 2. The van der Waals surface area contributed by atoms with E-state index >= 15 is 0 Å². The van der Waals surface area contributed by atoms with Crippen molar-refractivity contribution < 1.29 is 14.6 Å². The topological polar surface area (TPSA) is 46.5 Å². The van der Waals surface area contributed by atoms with E-state index in [1.807, 2.05) is 0 Å². The quantitative estimate of drug-likeness (QED) is 0.694. The Morgan fingerprint density at radius 2 is 1.91 bits per heavy atom. The molecule has 0 amide bonds. The van der Waals surface area contributed by atoms with Crippen LogP contribution in [0, 0.1) is 0 Å². The predicted octanol–water partition coefficient (Wildman–Crippen LogP) is 1.39. The number of carbonyl (C=O) groups is 1. The molecule has 0 unspecified atom stereocenters. The molecule has 1 rings (SSSR count). The first-order valence-corrected chi connectivity index (χ1v) is 3.11. The average Bonchev–Trinajstić information content (AvgIpc) is 2.05. The van der Waals surface area contributed by atoms with E-state index in [4.69, 9.17) is 9.84 Å². The Hall–Kier alpha value is -1.51. The largest absolute Gasteiger partial charge is 0.497 e. The van der Waals surface area contributed by atoms with Gasteiger partial charge in [0.1, 0.15) is 5.75 Å². The summed E-state index contributed by atoms with van der Waals surface area (Å²) in [5.41, 5.74) is 0.269. The standard InChI is InChI=1S/C8H8O3/c1-11-7-4-2-6(3-5-7)8(9)10/h2-5H,1H3,(H,9,10)/i8-1. The van der Waals surface area contributed by atoms with Gasteiger partial charge >= 0.3 is 5.97 Å². The Kier molecular flexibility index (Phi) is 2.11. The van der Waals surface area contributed by atoms with E-state index in [0.717, 1.165) is 0 Å². The molecule has 0 aromatic heterocycles. The van der Waals surface area contributed by atoms with Crippen molar-refractivity contribution in [2.24, 2.45) is 0 Å². The number of hydrogen-bond donors (Lipinski definition) is 1. The van der Waals surface area contributed by atoms with Crippen LogP contribution < -0.4 is 4.74 Å². The molecule has 0 aliphatic rings. The predicted molar refractivity (Wildman–Crippen MR) is 40.0 cm³/mol. The van der Waals surface area contributed by atoms with E-state index in [9.17, 15) is 4.79 Å². The minimum absolute atomic E-state index is 0.269. The molecular formula is C8H8O3. The third-order valence-electron chi connectivity index (χ3n) is 1.34. The zero-order valence-corrected chi connectivity index (χ0v) is 6.07. The lowest BCUT2D eigenvalue weighted by atomic mass is 9.95. The van der Waals surface area contributed by atoms with E-state index < -0.39 is 5.97 Å². The molecule has 0 spiro atoms. The molecule has 0 aliphatic heterocycles. The summed E-state index contributed by atoms with van der Waals surface area (Å²) in [6, 6.07) is 6.23. The summed E-state index contributed by atoms with van der Waals surface area (Å²) in [6.45, 7) is 0. The number of rotatable bonds is 2. The minimum Gasteiger partial charge on any atom is -0.497 e. The molecule has 58 valence electrons. The highest BCUT2D eigenvalue weighted by Crippen LogP contribution is 2.10. The second kappa shape index (κ2) is 3.05. The van der Waals surface area contributed by atoms with Gasteiger partial charge < -0.3 is 9.84 Å². The van der Waals surface area contributed by atoms with Gasteiger partial charge in [0.05, 0.1) is 12.7 Å². The van der Waals surface area contributed by atoms with Gasteiger partial charge in [-0.3, -0.25) is 0 Å². The highest BCUT2D eigenvalue weighted by molar-refractivity contribution is 5.87. The zero-order valence-electron chi connectivity index (χ0n) is 6.07. The van der Waals surface area contributed by atoms with Crippen LogP contribution in [0.1, 0.15) is 10.4 Å². The maximum atomic E-state index is 10.4. The third-order valence-corrected chi connectivity index (χ3v) is 1.34. The monoisotopic (exact) mass is 151 g/mol. The van der Waals surface area contributed by atoms with Gasteiger partial charge in [-0.2, -0.15) is 0 Å². The number of aromatic carboxylic acids is 1. The molecule has 0 saturated heterocycles. The van der Waals surface area contributed by atoms with Crippen molar-refractivity contribution in [2.75, 3.05) is 7.11 Å². The van der Waals surface area contributed by atoms with E-state index in [1.54, 1.807) is 12.1 Å². The molecule has 0 bridgehead atoms. The summed E-state index contributed by atoms with van der Waals surface area (Å²) in [6.07, 6.45) is 0. The van der Waals surface area contributed by atoms with Gasteiger partial charge in [0.2, 0.25) is 0 Å². The van der Waals surface area contributed by atoms with Gasteiger partial charge in [0.25, 0.3) is 0 Å². The second-order valence-electron chi connectivity index (χ2n) is 2.03. The van der Waals surface area contributed by atoms with E-state index in [-0.39, 0.29) is 5.56 Å². The molecule has 11 heavy (non-hydrogen) atoms. The third kappa shape index (κ3) is 1.70. The Labute approximate surface area is 64.2 Å². The molecule has 0 radical (unpaired) electrons. The number of carboxylic acid groups (broad SMARTS) is 1. The van der Waals surface area contributed by atoms with Crippen molar-refractivity contribution >= 4 is 5.97 Å². The molecule has 0 atom stereocenters. The van der Waals surface area contributed by atoms with Gasteiger partial charge in [-0.1, -0.05) is 0 Å². The maximum Gasteiger partial charge on any atom is 0.335 e. The summed E-state index contributed by atoms with van der Waals surface area (Å²) >= 11 is 0. The summed E-state index contributed by atoms with van der Waals surface area (Å²) in [5.74, 6) is -0.261. The van der Waals surface area contributed by atoms with E-state index in [2.05, 4.69) is 0 Å². The fourth-order valence-corrected chi connectivity index (χ4v) is 0.734. The number of benzene rings is 1. The summed E-state index contributed by atoms with van der Waals surface area (Å²) in [5, 5.41) is 8.51. The summed E-state index contributed by atoms with van der Waals surface area (Å²) in [7, 11) is 1.54. The summed E-state index contributed by atoms with van der Waals surface area (Å²) in [4.78, 5) is 10.4. The molecule has 1 N–H and O–H groups in total. The molecular weight excluding hydrogens is 143 g/mol. The fraction of sp³-hybridized carbons (Fsp3) is 0.125. The van der Waals surface area contributed by atoms with Gasteiger partial charge in [-0.05, 0) is 24.3 Å². The van der Waals surface area contributed by atoms with Crippen molar-refractivity contribution in [2.45, 2.75) is 0 Å². The molecule has 0 aliphatic carbocycles. The van der Waals surface area contributed by atoms with Gasteiger partial charge in [-0.25, -0.2) is 4.79 Å². The minimum atomic E-state index is -0.923. The van der Waals surface area contributed by atoms with Gasteiger partial charge in [-0.15, -0.1) is 0 Å². The Bertz CT molecular complexity index is 251. The van der Waals surface area contributed by atoms with Crippen molar-refractivity contribution in [1.29, 1.82) is 0 Å². The van der Waals surface area contributed by atoms with Gasteiger partial charge in [0.15, 0.2) is 0 Å². The van der Waals surface area contributed by atoms with Crippen molar-refractivity contribution in [3.05, 3.63) is 29.8 Å². The highest BCUT2D eigenvalue weighted by Gasteiger charge is 2.00. The van der Waals surface area contributed by atoms with Crippen LogP contribution in [0.4, 0.5) is 0 Å². The van der Waals surface area contributed by atoms with Crippen LogP contribution in [0.25, 0.3) is 0 Å². The molecule has 0 heterocycles. The van der Waals surface area contributed by atoms with E-state index in [1.165, 1.54) is 19.2 Å². The first-order valence-electron chi connectivity index (χ1n) is 3.11. The second-order valence-corrected chi connectivity index (χ2v) is 2.03.